The van der Waals surface area contributed by atoms with E-state index in [-0.39, 0.29) is 28.5 Å². The predicted octanol–water partition coefficient (Wildman–Crippen LogP) is 3.88. The van der Waals surface area contributed by atoms with Crippen molar-refractivity contribution in [2.45, 2.75) is 13.3 Å². The predicted molar refractivity (Wildman–Crippen MR) is 118 cm³/mol. The molecule has 0 aliphatic rings. The van der Waals surface area contributed by atoms with Gasteiger partial charge in [0.25, 0.3) is 11.4 Å². The van der Waals surface area contributed by atoms with Gasteiger partial charge in [0, 0.05) is 12.4 Å². The van der Waals surface area contributed by atoms with Crippen LogP contribution in [0, 0.1) is 20.2 Å². The van der Waals surface area contributed by atoms with Gasteiger partial charge in [0.1, 0.15) is 29.5 Å². The van der Waals surface area contributed by atoms with Gasteiger partial charge in [0.2, 0.25) is 0 Å². The van der Waals surface area contributed by atoms with Crippen LogP contribution in [0.5, 0.6) is 11.5 Å². The van der Waals surface area contributed by atoms with Crippen molar-refractivity contribution in [3.8, 4) is 11.5 Å². The van der Waals surface area contributed by atoms with E-state index in [2.05, 4.69) is 22.9 Å². The van der Waals surface area contributed by atoms with Crippen LogP contribution in [0.2, 0.25) is 0 Å². The molecule has 0 unspecified atom stereocenters. The highest BCUT2D eigenvalue weighted by molar-refractivity contribution is 9.09. The Kier molecular flexibility index (Phi) is 13.3. The summed E-state index contributed by atoms with van der Waals surface area (Å²) in [5, 5.41) is 30.7. The van der Waals surface area contributed by atoms with Crippen LogP contribution >= 0.6 is 15.9 Å². The number of benzene rings is 2. The molecule has 0 aromatic heterocycles. The van der Waals surface area contributed by atoms with Crippen LogP contribution in [-0.2, 0) is 4.74 Å². The number of phenolic OH excluding ortho intramolecular Hbond substituents is 1. The van der Waals surface area contributed by atoms with Crippen molar-refractivity contribution in [1.82, 2.24) is 0 Å². The SMILES string of the molecule is CCCBr.COCCOc1ccc(N)c([N+](=O)[O-])c1.Nc1ccc(O)cc1[N+](=O)[O-]. The second kappa shape index (κ2) is 14.8. The second-order valence-corrected chi connectivity index (χ2v) is 6.30. The van der Waals surface area contributed by atoms with E-state index in [0.717, 1.165) is 11.4 Å². The maximum Gasteiger partial charge on any atom is 0.295 e. The molecule has 30 heavy (non-hydrogen) atoms. The second-order valence-electron chi connectivity index (χ2n) is 5.51. The van der Waals surface area contributed by atoms with Gasteiger partial charge in [-0.15, -0.1) is 0 Å². The summed E-state index contributed by atoms with van der Waals surface area (Å²) in [5.74, 6) is 0.249. The van der Waals surface area contributed by atoms with Gasteiger partial charge in [-0.2, -0.15) is 0 Å². The lowest BCUT2D eigenvalue weighted by molar-refractivity contribution is -0.384. The van der Waals surface area contributed by atoms with Crippen molar-refractivity contribution in [3.63, 3.8) is 0 Å². The Morgan fingerprint density at radius 2 is 1.50 bits per heavy atom. The fourth-order valence-corrected chi connectivity index (χ4v) is 1.70. The van der Waals surface area contributed by atoms with E-state index in [1.807, 2.05) is 0 Å². The summed E-state index contributed by atoms with van der Waals surface area (Å²) in [4.78, 5) is 19.6. The monoisotopic (exact) mass is 488 g/mol. The van der Waals surface area contributed by atoms with Crippen molar-refractivity contribution < 1.29 is 24.4 Å². The van der Waals surface area contributed by atoms with E-state index < -0.39 is 9.85 Å². The molecule has 0 radical (unpaired) electrons. The number of hydrogen-bond donors (Lipinski definition) is 3. The summed E-state index contributed by atoms with van der Waals surface area (Å²) < 4.78 is 9.99. The fourth-order valence-electron chi connectivity index (χ4n) is 1.70. The zero-order valence-electron chi connectivity index (χ0n) is 16.6. The van der Waals surface area contributed by atoms with Crippen molar-refractivity contribution in [2.75, 3.05) is 37.1 Å². The average Bonchev–Trinajstić information content (AvgIpc) is 2.71. The number of methoxy groups -OCH3 is 1. The van der Waals surface area contributed by atoms with E-state index in [1.54, 1.807) is 13.2 Å². The number of nitro benzene ring substituents is 2. The molecule has 2 aromatic carbocycles. The van der Waals surface area contributed by atoms with Gasteiger partial charge in [0.05, 0.1) is 28.6 Å². The molecule has 0 aliphatic heterocycles. The molecule has 166 valence electrons. The first-order valence-electron chi connectivity index (χ1n) is 8.62. The lowest BCUT2D eigenvalue weighted by Gasteiger charge is -2.05. The normalized spacial score (nSPS) is 9.43. The number of nitrogens with zero attached hydrogens (tertiary/aromatic N) is 2. The lowest BCUT2D eigenvalue weighted by Crippen LogP contribution is -2.05. The first-order chi connectivity index (χ1) is 14.2. The lowest BCUT2D eigenvalue weighted by atomic mass is 10.2. The van der Waals surface area contributed by atoms with Crippen molar-refractivity contribution in [2.24, 2.45) is 0 Å². The van der Waals surface area contributed by atoms with E-state index in [0.29, 0.717) is 19.0 Å². The van der Waals surface area contributed by atoms with Gasteiger partial charge in [0.15, 0.2) is 0 Å². The van der Waals surface area contributed by atoms with Crippen LogP contribution in [0.4, 0.5) is 22.7 Å². The van der Waals surface area contributed by atoms with Crippen LogP contribution in [0.3, 0.4) is 0 Å². The molecule has 0 atom stereocenters. The minimum absolute atomic E-state index is 0.0489. The summed E-state index contributed by atoms with van der Waals surface area (Å²) in [6, 6.07) is 7.91. The molecule has 0 spiro atoms. The van der Waals surface area contributed by atoms with Crippen LogP contribution in [0.15, 0.2) is 36.4 Å². The number of anilines is 2. The molecule has 0 fully saturated rings. The van der Waals surface area contributed by atoms with E-state index in [4.69, 9.17) is 26.0 Å². The number of alkyl halides is 1. The number of hydrogen-bond acceptors (Lipinski definition) is 9. The standard InChI is InChI=1S/C9H12N2O4.C6H6N2O3.C3H7Br/c1-14-4-5-15-7-2-3-8(10)9(6-7)11(12)13;7-5-2-1-4(9)3-6(5)8(10)11;1-2-3-4/h2-3,6H,4-5,10H2,1H3;1-3,9H,7H2;2-3H2,1H3. The van der Waals surface area contributed by atoms with Crippen molar-refractivity contribution in [1.29, 1.82) is 0 Å². The number of nitrogen functional groups attached to an aromatic ring is 2. The van der Waals surface area contributed by atoms with E-state index in [1.165, 1.54) is 30.7 Å². The number of phenols is 1. The molecule has 11 nitrogen and oxygen atoms in total. The number of ether oxygens (including phenoxy) is 2. The number of aromatic hydroxyl groups is 1. The molecule has 0 bridgehead atoms. The first kappa shape index (κ1) is 26.9. The molecule has 0 saturated heterocycles. The van der Waals surface area contributed by atoms with Gasteiger partial charge < -0.3 is 26.0 Å². The van der Waals surface area contributed by atoms with Crippen molar-refractivity contribution in [3.05, 3.63) is 56.6 Å². The summed E-state index contributed by atoms with van der Waals surface area (Å²) >= 11 is 3.25. The highest BCUT2D eigenvalue weighted by Gasteiger charge is 2.12. The van der Waals surface area contributed by atoms with Crippen LogP contribution in [0.25, 0.3) is 0 Å². The van der Waals surface area contributed by atoms with Gasteiger partial charge in [-0.3, -0.25) is 20.2 Å². The fraction of sp³-hybridized carbons (Fsp3) is 0.333. The molecular formula is C18H25BrN4O7. The number of halogens is 1. The highest BCUT2D eigenvalue weighted by atomic mass is 79.9. The van der Waals surface area contributed by atoms with Crippen molar-refractivity contribution >= 4 is 38.7 Å². The van der Waals surface area contributed by atoms with Gasteiger partial charge in [-0.05, 0) is 30.7 Å². The summed E-state index contributed by atoms with van der Waals surface area (Å²) in [5.41, 5.74) is 10.4. The molecule has 0 amide bonds. The third-order valence-corrected chi connectivity index (χ3v) is 3.95. The Balaban J connectivity index is 0.000000491. The third-order valence-electron chi connectivity index (χ3n) is 3.15. The zero-order valence-corrected chi connectivity index (χ0v) is 18.2. The molecule has 2 aromatic rings. The Hall–Kier alpha value is -3.12. The number of nitrogens with two attached hydrogens (primary N) is 2. The quantitative estimate of drug-likeness (QED) is 0.130. The van der Waals surface area contributed by atoms with E-state index in [9.17, 15) is 20.2 Å². The molecule has 5 N–H and O–H groups in total. The maximum absolute atomic E-state index is 10.5. The van der Waals surface area contributed by atoms with Gasteiger partial charge >= 0.3 is 0 Å². The number of rotatable bonds is 7. The third kappa shape index (κ3) is 10.4. The van der Waals surface area contributed by atoms with Crippen LogP contribution in [-0.4, -0.2) is 40.6 Å². The Morgan fingerprint density at radius 3 is 1.93 bits per heavy atom. The Morgan fingerprint density at radius 1 is 1.00 bits per heavy atom. The minimum atomic E-state index is -0.644. The Bertz CT molecular complexity index is 819. The number of nitro groups is 2. The topological polar surface area (TPSA) is 177 Å². The molecule has 2 rings (SSSR count). The molecule has 0 heterocycles. The highest BCUT2D eigenvalue weighted by Crippen LogP contribution is 2.26. The molecule has 0 saturated carbocycles. The molecular weight excluding hydrogens is 464 g/mol. The smallest absolute Gasteiger partial charge is 0.295 e. The van der Waals surface area contributed by atoms with E-state index >= 15 is 0 Å². The Labute approximate surface area is 182 Å². The van der Waals surface area contributed by atoms with Crippen LogP contribution < -0.4 is 16.2 Å². The molecule has 0 aliphatic carbocycles. The first-order valence-corrected chi connectivity index (χ1v) is 9.74. The largest absolute Gasteiger partial charge is 0.508 e. The zero-order chi connectivity index (χ0) is 23.1. The maximum atomic E-state index is 10.5. The average molecular weight is 489 g/mol. The summed E-state index contributed by atoms with van der Waals surface area (Å²) in [7, 11) is 1.55. The van der Waals surface area contributed by atoms with Crippen LogP contribution in [0.1, 0.15) is 13.3 Å². The summed E-state index contributed by atoms with van der Waals surface area (Å²) in [6.07, 6.45) is 1.24. The van der Waals surface area contributed by atoms with Gasteiger partial charge in [-0.1, -0.05) is 22.9 Å². The van der Waals surface area contributed by atoms with Gasteiger partial charge in [-0.25, -0.2) is 0 Å². The molecule has 12 heteroatoms. The minimum Gasteiger partial charge on any atom is -0.508 e. The summed E-state index contributed by atoms with van der Waals surface area (Å²) in [6.45, 7) is 2.91.